The van der Waals surface area contributed by atoms with Gasteiger partial charge in [0, 0.05) is 0 Å². The summed E-state index contributed by atoms with van der Waals surface area (Å²) < 4.78 is 31.9. The van der Waals surface area contributed by atoms with Gasteiger partial charge in [-0.1, -0.05) is 36.4 Å². The summed E-state index contributed by atoms with van der Waals surface area (Å²) >= 11 is -5.25. The van der Waals surface area contributed by atoms with Crippen molar-refractivity contribution >= 4 is 11.9 Å². The number of carboxylic acid groups (broad SMARTS) is 2. The van der Waals surface area contributed by atoms with E-state index in [0.29, 0.717) is 11.1 Å². The van der Waals surface area contributed by atoms with E-state index in [1.807, 2.05) is 0 Å². The fourth-order valence-electron chi connectivity index (χ4n) is 1.16. The van der Waals surface area contributed by atoms with E-state index >= 15 is 0 Å². The molecule has 0 aromatic heterocycles. The van der Waals surface area contributed by atoms with Crippen LogP contribution in [-0.4, -0.2) is 35.9 Å². The summed E-state index contributed by atoms with van der Waals surface area (Å²) in [6.07, 6.45) is 0. The molecule has 9 nitrogen and oxygen atoms in total. The van der Waals surface area contributed by atoms with Gasteiger partial charge in [0.1, 0.15) is 0 Å². The molecule has 0 heterocycles. The molecule has 0 unspecified atom stereocenters. The molecule has 0 bridgehead atoms. The molecule has 0 radical (unpaired) electrons. The van der Waals surface area contributed by atoms with E-state index < -0.39 is 25.6 Å². The van der Waals surface area contributed by atoms with Crippen molar-refractivity contribution in [3.63, 3.8) is 0 Å². The zero-order valence-electron chi connectivity index (χ0n) is 12.1. The summed E-state index contributed by atoms with van der Waals surface area (Å²) in [5.41, 5.74) is 0.662. The van der Waals surface area contributed by atoms with E-state index in [0.717, 1.165) is 0 Å². The summed E-state index contributed by atoms with van der Waals surface area (Å²) in [6.45, 7) is 0. The van der Waals surface area contributed by atoms with Crippen LogP contribution in [0.15, 0.2) is 60.7 Å². The Labute approximate surface area is 139 Å². The van der Waals surface area contributed by atoms with Crippen molar-refractivity contribution in [1.29, 1.82) is 0 Å². The van der Waals surface area contributed by atoms with Gasteiger partial charge in [0.25, 0.3) is 0 Å². The first-order valence-corrected chi connectivity index (χ1v) is 8.06. The predicted molar refractivity (Wildman–Crippen MR) is 76.2 cm³/mol. The maximum absolute atomic E-state index is 10.2. The van der Waals surface area contributed by atoms with Crippen molar-refractivity contribution in [2.45, 2.75) is 0 Å². The summed E-state index contributed by atoms with van der Waals surface area (Å²) in [5.74, 6) is -1.76. The molecule has 0 atom stereocenters. The number of rotatable bonds is 2. The first-order valence-electron chi connectivity index (χ1n) is 5.88. The van der Waals surface area contributed by atoms with Gasteiger partial charge in [0.2, 0.25) is 0 Å². The Morgan fingerprint density at radius 3 is 1.00 bits per heavy atom. The van der Waals surface area contributed by atoms with Gasteiger partial charge in [0.15, 0.2) is 0 Å². The Morgan fingerprint density at radius 2 is 0.875 bits per heavy atom. The van der Waals surface area contributed by atoms with Crippen molar-refractivity contribution in [1.82, 2.24) is 0 Å². The zero-order valence-corrected chi connectivity index (χ0v) is 13.4. The van der Waals surface area contributed by atoms with Crippen LogP contribution in [0.2, 0.25) is 0 Å². The molecule has 6 N–H and O–H groups in total. The molecular formula is C14H16CrO9. The third kappa shape index (κ3) is 14.3. The van der Waals surface area contributed by atoms with Gasteiger partial charge >= 0.3 is 41.5 Å². The van der Waals surface area contributed by atoms with Crippen molar-refractivity contribution < 1.29 is 54.8 Å². The maximum atomic E-state index is 10.2. The number of carbonyl (C=O) groups is 2. The van der Waals surface area contributed by atoms with Crippen LogP contribution >= 0.6 is 0 Å². The Bertz CT molecular complexity index is 655. The van der Waals surface area contributed by atoms with Gasteiger partial charge in [-0.2, -0.15) is 0 Å². The molecule has 0 amide bonds. The number of carboxylic acids is 2. The fourth-order valence-corrected chi connectivity index (χ4v) is 1.16. The summed E-state index contributed by atoms with van der Waals surface area (Å²) in [4.78, 5) is 20.4. The van der Waals surface area contributed by atoms with Crippen LogP contribution < -0.4 is 0 Å². The van der Waals surface area contributed by atoms with Crippen LogP contribution in [0.5, 0.6) is 0 Å². The van der Waals surface area contributed by atoms with Gasteiger partial charge in [-0.25, -0.2) is 9.59 Å². The third-order valence-electron chi connectivity index (χ3n) is 2.04. The predicted octanol–water partition coefficient (Wildman–Crippen LogP) is 0.591. The van der Waals surface area contributed by atoms with E-state index in [2.05, 4.69) is 0 Å². The van der Waals surface area contributed by atoms with Crippen LogP contribution in [0.1, 0.15) is 20.7 Å². The molecule has 10 heteroatoms. The molecule has 132 valence electrons. The molecule has 0 aliphatic rings. The monoisotopic (exact) mass is 380 g/mol. The van der Waals surface area contributed by atoms with Crippen LogP contribution in [0, 0.1) is 0 Å². The van der Waals surface area contributed by atoms with Gasteiger partial charge in [-0.3, -0.25) is 0 Å². The van der Waals surface area contributed by atoms with Crippen molar-refractivity contribution in [2.24, 2.45) is 0 Å². The van der Waals surface area contributed by atoms with Gasteiger partial charge < -0.3 is 15.7 Å². The van der Waals surface area contributed by atoms with Crippen molar-refractivity contribution in [3.8, 4) is 0 Å². The molecule has 0 aliphatic carbocycles. The first kappa shape index (κ1) is 23.7. The Kier molecular flexibility index (Phi) is 11.7. The van der Waals surface area contributed by atoms with E-state index in [9.17, 15) is 9.59 Å². The molecule has 2 aromatic carbocycles. The van der Waals surface area contributed by atoms with Gasteiger partial charge in [-0.05, 0) is 24.3 Å². The topological polar surface area (TPSA) is 181 Å². The second kappa shape index (κ2) is 11.9. The standard InChI is InChI=1S/2C7H6O2.Cr.3H2O.2O/c2*8-7(9)6-4-2-1-3-5-6;;;;;;/h2*1-5H,(H,8,9);;3*1H2;;/q;;+2;;;;;/p-2. The van der Waals surface area contributed by atoms with Crippen molar-refractivity contribution in [3.05, 3.63) is 71.8 Å². The van der Waals surface area contributed by atoms with E-state index in [-0.39, 0.29) is 5.48 Å². The Balaban J connectivity index is 0. The molecule has 0 saturated carbocycles. The number of hydrogen-bond acceptors (Lipinski definition) is 4. The van der Waals surface area contributed by atoms with Gasteiger partial charge in [-0.15, -0.1) is 0 Å². The molecule has 2 rings (SSSR count). The number of hydrogen-bond donors (Lipinski definition) is 4. The summed E-state index contributed by atoms with van der Waals surface area (Å²) in [6, 6.07) is 16.6. The molecule has 24 heavy (non-hydrogen) atoms. The van der Waals surface area contributed by atoms with Crippen LogP contribution in [0.25, 0.3) is 0 Å². The third-order valence-corrected chi connectivity index (χ3v) is 2.04. The summed E-state index contributed by atoms with van der Waals surface area (Å²) in [7, 11) is 0. The molecule has 2 aromatic rings. The summed E-state index contributed by atoms with van der Waals surface area (Å²) in [5, 5.41) is 16.8. The number of benzene rings is 2. The average Bonchev–Trinajstić information content (AvgIpc) is 2.48. The first-order chi connectivity index (χ1) is 10.6. The molecular weight excluding hydrogens is 364 g/mol. The van der Waals surface area contributed by atoms with Crippen molar-refractivity contribution in [2.75, 3.05) is 0 Å². The molecule has 0 fully saturated rings. The molecule has 0 spiro atoms. The van der Waals surface area contributed by atoms with Crippen LogP contribution in [0.3, 0.4) is 0 Å². The Morgan fingerprint density at radius 1 is 0.667 bits per heavy atom. The number of aromatic carboxylic acids is 2. The van der Waals surface area contributed by atoms with E-state index in [1.54, 1.807) is 60.7 Å². The SMILES string of the molecule is O.O=C(O)c1ccccc1.O=C(O)c1ccccc1.[O]=[Cr](=[O])([OH])[OH]. The van der Waals surface area contributed by atoms with Crippen LogP contribution in [-0.2, 0) is 21.2 Å². The Hall–Kier alpha value is -2.61. The van der Waals surface area contributed by atoms with E-state index in [1.165, 1.54) is 0 Å². The van der Waals surface area contributed by atoms with Gasteiger partial charge in [0.05, 0.1) is 11.1 Å². The second-order valence-electron chi connectivity index (χ2n) is 3.79. The minimum absolute atomic E-state index is 0. The zero-order chi connectivity index (χ0) is 17.9. The quantitative estimate of drug-likeness (QED) is 0.584. The fraction of sp³-hybridized carbons (Fsp3) is 0. The van der Waals surface area contributed by atoms with Crippen LogP contribution in [0.4, 0.5) is 0 Å². The molecule has 0 saturated heterocycles. The minimum atomic E-state index is -5.25. The second-order valence-corrected chi connectivity index (χ2v) is 5.19. The normalized spacial score (nSPS) is 9.08. The average molecular weight is 380 g/mol. The van der Waals surface area contributed by atoms with E-state index in [4.69, 9.17) is 26.1 Å². The molecule has 0 aliphatic heterocycles.